The Morgan fingerprint density at radius 3 is 2.58 bits per heavy atom. The van der Waals surface area contributed by atoms with Crippen molar-refractivity contribution in [2.75, 3.05) is 20.1 Å². The fourth-order valence-electron chi connectivity index (χ4n) is 5.49. The third-order valence-corrected chi connectivity index (χ3v) is 6.87. The Balaban J connectivity index is 1.52. The zero-order valence-electron chi connectivity index (χ0n) is 15.8. The van der Waals surface area contributed by atoms with Crippen molar-refractivity contribution in [2.24, 2.45) is 11.8 Å². The minimum absolute atomic E-state index is 0.00597. The van der Waals surface area contributed by atoms with Crippen LogP contribution >= 0.6 is 0 Å². The highest BCUT2D eigenvalue weighted by molar-refractivity contribution is 5.84. The van der Waals surface area contributed by atoms with Gasteiger partial charge in [0.05, 0.1) is 5.92 Å². The van der Waals surface area contributed by atoms with Gasteiger partial charge in [-0.15, -0.1) is 0 Å². The summed E-state index contributed by atoms with van der Waals surface area (Å²) in [5, 5.41) is 0. The second-order valence-electron chi connectivity index (χ2n) is 8.36. The fourth-order valence-corrected chi connectivity index (χ4v) is 5.49. The molecular weight excluding hydrogens is 324 g/mol. The maximum absolute atomic E-state index is 13.3. The highest BCUT2D eigenvalue weighted by atomic mass is 16.2. The van der Waals surface area contributed by atoms with E-state index in [-0.39, 0.29) is 11.8 Å². The lowest BCUT2D eigenvalue weighted by Gasteiger charge is -2.49. The number of hydrogen-bond acceptors (Lipinski definition) is 2. The van der Waals surface area contributed by atoms with E-state index in [1.807, 2.05) is 7.05 Å². The van der Waals surface area contributed by atoms with Crippen LogP contribution in [0.25, 0.3) is 0 Å². The monoisotopic (exact) mass is 354 g/mol. The first-order valence-electron chi connectivity index (χ1n) is 10.2. The van der Waals surface area contributed by atoms with Crippen LogP contribution < -0.4 is 0 Å². The summed E-state index contributed by atoms with van der Waals surface area (Å²) in [7, 11) is 1.83. The largest absolute Gasteiger partial charge is 0.345 e. The van der Waals surface area contributed by atoms with E-state index in [4.69, 9.17) is 0 Å². The van der Waals surface area contributed by atoms with E-state index < -0.39 is 0 Å². The van der Waals surface area contributed by atoms with Crippen molar-refractivity contribution < 1.29 is 9.59 Å². The van der Waals surface area contributed by atoms with Crippen molar-refractivity contribution in [3.05, 3.63) is 35.9 Å². The molecule has 4 nitrogen and oxygen atoms in total. The molecule has 0 bridgehead atoms. The number of likely N-dealkylation sites (tertiary alicyclic amines) is 2. The van der Waals surface area contributed by atoms with Gasteiger partial charge in [-0.25, -0.2) is 0 Å². The number of amides is 2. The van der Waals surface area contributed by atoms with Gasteiger partial charge in [0.25, 0.3) is 0 Å². The molecule has 0 N–H and O–H groups in total. The first kappa shape index (κ1) is 17.6. The van der Waals surface area contributed by atoms with Crippen molar-refractivity contribution in [1.29, 1.82) is 0 Å². The molecule has 3 aliphatic rings. The minimum Gasteiger partial charge on any atom is -0.345 e. The van der Waals surface area contributed by atoms with Crippen molar-refractivity contribution >= 4 is 11.8 Å². The van der Waals surface area contributed by atoms with Gasteiger partial charge in [-0.2, -0.15) is 0 Å². The molecule has 2 saturated heterocycles. The molecule has 1 aliphatic carbocycles. The molecular formula is C22H30N2O2. The van der Waals surface area contributed by atoms with Crippen LogP contribution in [0.5, 0.6) is 0 Å². The van der Waals surface area contributed by atoms with Crippen molar-refractivity contribution in [3.8, 4) is 0 Å². The number of benzene rings is 1. The van der Waals surface area contributed by atoms with E-state index in [0.717, 1.165) is 25.8 Å². The van der Waals surface area contributed by atoms with Gasteiger partial charge in [-0.1, -0.05) is 43.2 Å². The van der Waals surface area contributed by atoms with Gasteiger partial charge in [0.15, 0.2) is 0 Å². The molecule has 1 aromatic rings. The Bertz CT molecular complexity index is 659. The summed E-state index contributed by atoms with van der Waals surface area (Å²) < 4.78 is 0. The number of carbonyl (C=O) groups is 2. The van der Waals surface area contributed by atoms with Crippen LogP contribution in [-0.4, -0.2) is 47.8 Å². The second kappa shape index (κ2) is 7.42. The zero-order chi connectivity index (χ0) is 18.1. The zero-order valence-corrected chi connectivity index (χ0v) is 15.8. The van der Waals surface area contributed by atoms with Crippen molar-refractivity contribution in [1.82, 2.24) is 9.80 Å². The first-order valence-corrected chi connectivity index (χ1v) is 10.2. The second-order valence-corrected chi connectivity index (χ2v) is 8.36. The number of carbonyl (C=O) groups excluding carboxylic acids is 2. The van der Waals surface area contributed by atoms with Gasteiger partial charge in [0, 0.05) is 32.6 Å². The first-order chi connectivity index (χ1) is 12.6. The molecule has 2 heterocycles. The normalized spacial score (nSPS) is 32.3. The molecule has 4 heteroatoms. The minimum atomic E-state index is -0.00597. The van der Waals surface area contributed by atoms with Gasteiger partial charge in [0.1, 0.15) is 0 Å². The number of nitrogens with zero attached hydrogens (tertiary/aromatic N) is 2. The van der Waals surface area contributed by atoms with Gasteiger partial charge in [-0.3, -0.25) is 9.59 Å². The molecule has 0 radical (unpaired) electrons. The SMILES string of the molecule is CN1CC(C(=O)N2CC[C@H](c3ccccc3)[C@H]3CCCC[C@H]32)CCC1=O. The average molecular weight is 354 g/mol. The van der Waals surface area contributed by atoms with Gasteiger partial charge in [-0.05, 0) is 43.1 Å². The van der Waals surface area contributed by atoms with Gasteiger partial charge in [0.2, 0.25) is 11.8 Å². The molecule has 3 fully saturated rings. The molecule has 1 unspecified atom stereocenters. The molecule has 4 rings (SSSR count). The third kappa shape index (κ3) is 3.26. The van der Waals surface area contributed by atoms with Crippen LogP contribution in [-0.2, 0) is 9.59 Å². The summed E-state index contributed by atoms with van der Waals surface area (Å²) in [6.45, 7) is 1.46. The molecule has 0 spiro atoms. The van der Waals surface area contributed by atoms with Crippen LogP contribution in [0.4, 0.5) is 0 Å². The summed E-state index contributed by atoms with van der Waals surface area (Å²) in [6.07, 6.45) is 7.19. The lowest BCUT2D eigenvalue weighted by molar-refractivity contribution is -0.147. The van der Waals surface area contributed by atoms with E-state index in [0.29, 0.717) is 36.8 Å². The predicted octanol–water partition coefficient (Wildman–Crippen LogP) is 3.43. The lowest BCUT2D eigenvalue weighted by Crippen LogP contribution is -2.55. The van der Waals surface area contributed by atoms with Gasteiger partial charge < -0.3 is 9.80 Å². The van der Waals surface area contributed by atoms with Crippen LogP contribution in [0.1, 0.15) is 56.4 Å². The Morgan fingerprint density at radius 1 is 1.04 bits per heavy atom. The fraction of sp³-hybridized carbons (Fsp3) is 0.636. The Morgan fingerprint density at radius 2 is 1.81 bits per heavy atom. The number of fused-ring (bicyclic) bond motifs is 1. The Hall–Kier alpha value is -1.84. The molecule has 140 valence electrons. The average Bonchev–Trinajstić information content (AvgIpc) is 2.69. The van der Waals surface area contributed by atoms with E-state index in [1.165, 1.54) is 24.8 Å². The maximum Gasteiger partial charge on any atom is 0.227 e. The van der Waals surface area contributed by atoms with Gasteiger partial charge >= 0.3 is 0 Å². The van der Waals surface area contributed by atoms with E-state index in [1.54, 1.807) is 4.90 Å². The summed E-state index contributed by atoms with van der Waals surface area (Å²) >= 11 is 0. The van der Waals surface area contributed by atoms with Crippen molar-refractivity contribution in [3.63, 3.8) is 0 Å². The Kier molecular flexibility index (Phi) is 5.01. The van der Waals surface area contributed by atoms with Crippen LogP contribution in [0.15, 0.2) is 30.3 Å². The van der Waals surface area contributed by atoms with E-state index in [9.17, 15) is 9.59 Å². The topological polar surface area (TPSA) is 40.6 Å². The molecule has 0 aromatic heterocycles. The number of rotatable bonds is 2. The summed E-state index contributed by atoms with van der Waals surface area (Å²) in [5.74, 6) is 1.64. The standard InChI is InChI=1S/C22H30N2O2/c1-23-15-17(11-12-21(23)25)22(26)24-14-13-18(16-7-3-2-4-8-16)19-9-5-6-10-20(19)24/h2-4,7-8,17-20H,5-6,9-15H2,1H3/t17?,18-,19-,20-/m1/s1. The third-order valence-electron chi connectivity index (χ3n) is 6.87. The summed E-state index contributed by atoms with van der Waals surface area (Å²) in [5.41, 5.74) is 1.44. The van der Waals surface area contributed by atoms with E-state index in [2.05, 4.69) is 35.2 Å². The van der Waals surface area contributed by atoms with Crippen LogP contribution in [0, 0.1) is 11.8 Å². The summed E-state index contributed by atoms with van der Waals surface area (Å²) in [6, 6.07) is 11.3. The molecule has 26 heavy (non-hydrogen) atoms. The summed E-state index contributed by atoms with van der Waals surface area (Å²) in [4.78, 5) is 29.0. The molecule has 1 saturated carbocycles. The van der Waals surface area contributed by atoms with Crippen molar-refractivity contribution in [2.45, 2.75) is 56.9 Å². The van der Waals surface area contributed by atoms with E-state index >= 15 is 0 Å². The maximum atomic E-state index is 13.3. The highest BCUT2D eigenvalue weighted by Crippen LogP contribution is 2.44. The molecule has 4 atom stereocenters. The smallest absolute Gasteiger partial charge is 0.227 e. The van der Waals surface area contributed by atoms with Crippen LogP contribution in [0.2, 0.25) is 0 Å². The highest BCUT2D eigenvalue weighted by Gasteiger charge is 2.43. The molecule has 2 aliphatic heterocycles. The Labute approximate surface area is 156 Å². The number of hydrogen-bond donors (Lipinski definition) is 0. The molecule has 2 amide bonds. The predicted molar refractivity (Wildman–Crippen MR) is 102 cm³/mol. The molecule has 1 aromatic carbocycles. The van der Waals surface area contributed by atoms with Crippen LogP contribution in [0.3, 0.4) is 0 Å². The number of piperidine rings is 2. The lowest BCUT2D eigenvalue weighted by atomic mass is 9.69. The quantitative estimate of drug-likeness (QED) is 0.816.